The van der Waals surface area contributed by atoms with Crippen LogP contribution in [0.4, 0.5) is 17.1 Å². The molecule has 10 nitrogen and oxygen atoms in total. The van der Waals surface area contributed by atoms with Gasteiger partial charge in [-0.2, -0.15) is 0 Å². The highest BCUT2D eigenvalue weighted by atomic mass is 35.5. The van der Waals surface area contributed by atoms with Crippen molar-refractivity contribution in [3.05, 3.63) is 57.1 Å². The molecular formula is C27H34ClN5O5. The average Bonchev–Trinajstić information content (AvgIpc) is 2.94. The number of carbonyl (C=O) groups is 1. The third-order valence-corrected chi connectivity index (χ3v) is 8.01. The number of hydrogen-bond acceptors (Lipinski definition) is 8. The van der Waals surface area contributed by atoms with Crippen LogP contribution < -0.4 is 19.9 Å². The summed E-state index contributed by atoms with van der Waals surface area (Å²) in [7, 11) is 1.64. The molecule has 2 atom stereocenters. The normalized spacial score (nSPS) is 21.4. The number of hydrogen-bond donors (Lipinski definition) is 1. The Balaban J connectivity index is 1.35. The molecule has 0 unspecified atom stereocenters. The maximum Gasteiger partial charge on any atom is 0.269 e. The molecule has 11 heteroatoms. The molecule has 2 aromatic rings. The monoisotopic (exact) mass is 543 g/mol. The summed E-state index contributed by atoms with van der Waals surface area (Å²) >= 11 is 6.32. The quantitative estimate of drug-likeness (QED) is 0.308. The van der Waals surface area contributed by atoms with E-state index in [2.05, 4.69) is 20.0 Å². The van der Waals surface area contributed by atoms with Crippen LogP contribution in [0.3, 0.4) is 0 Å². The van der Waals surface area contributed by atoms with E-state index in [1.54, 1.807) is 25.3 Å². The molecule has 0 saturated carbocycles. The molecule has 2 fully saturated rings. The van der Waals surface area contributed by atoms with Crippen molar-refractivity contribution >= 4 is 34.6 Å². The standard InChI is InChI=1S/C27H34ClN5O5/c1-37-26-6-3-20(28)17-24(26)31-9-10-32-23-5-4-21(33(35)36)15-19(23)16-22(25(32)18-31)27(34)29-7-2-8-30-11-13-38-14-12-30/h3-6,15,17,22,25H,2,7-14,16,18H2,1H3,(H,29,34)/t22-,25+/m0/s1. The SMILES string of the molecule is COc1ccc(Cl)cc1N1CCN2c3ccc([N+](=O)[O-])cc3C[C@H](C(=O)NCCCN3CCOCC3)[C@H]2C1. The van der Waals surface area contributed by atoms with Crippen molar-refractivity contribution in [2.24, 2.45) is 5.92 Å². The fraction of sp³-hybridized carbons (Fsp3) is 0.519. The first kappa shape index (κ1) is 26.5. The van der Waals surface area contributed by atoms with Crippen LogP contribution in [0, 0.1) is 16.0 Å². The number of rotatable bonds is 8. The van der Waals surface area contributed by atoms with Gasteiger partial charge >= 0.3 is 0 Å². The number of halogens is 1. The summed E-state index contributed by atoms with van der Waals surface area (Å²) in [6, 6.07) is 10.5. The summed E-state index contributed by atoms with van der Waals surface area (Å²) < 4.78 is 11.0. The van der Waals surface area contributed by atoms with Crippen molar-refractivity contribution in [3.63, 3.8) is 0 Å². The molecule has 0 radical (unpaired) electrons. The Morgan fingerprint density at radius 3 is 2.74 bits per heavy atom. The molecule has 1 N–H and O–H groups in total. The molecule has 3 aliphatic heterocycles. The molecule has 3 aliphatic rings. The molecular weight excluding hydrogens is 510 g/mol. The number of carbonyl (C=O) groups excluding carboxylic acids is 1. The molecule has 3 heterocycles. The molecule has 0 bridgehead atoms. The van der Waals surface area contributed by atoms with Gasteiger partial charge in [0.25, 0.3) is 5.69 Å². The maximum atomic E-state index is 13.6. The second-order valence-corrected chi connectivity index (χ2v) is 10.4. The summed E-state index contributed by atoms with van der Waals surface area (Å²) in [6.07, 6.45) is 1.31. The van der Waals surface area contributed by atoms with Crippen molar-refractivity contribution in [1.29, 1.82) is 0 Å². The fourth-order valence-corrected chi connectivity index (χ4v) is 5.99. The number of nitro benzene ring substituents is 1. The highest BCUT2D eigenvalue weighted by molar-refractivity contribution is 6.31. The lowest BCUT2D eigenvalue weighted by molar-refractivity contribution is -0.384. The first-order chi connectivity index (χ1) is 18.4. The Morgan fingerprint density at radius 1 is 1.16 bits per heavy atom. The van der Waals surface area contributed by atoms with Crippen LogP contribution in [0.5, 0.6) is 5.75 Å². The topological polar surface area (TPSA) is 100 Å². The number of morpholine rings is 1. The predicted octanol–water partition coefficient (Wildman–Crippen LogP) is 2.96. The number of nitrogens with one attached hydrogen (secondary N) is 1. The van der Waals surface area contributed by atoms with Gasteiger partial charge in [-0.3, -0.25) is 19.8 Å². The number of nitro groups is 1. The molecule has 2 saturated heterocycles. The summed E-state index contributed by atoms with van der Waals surface area (Å²) in [5.74, 6) is 0.374. The lowest BCUT2D eigenvalue weighted by atomic mass is 9.83. The summed E-state index contributed by atoms with van der Waals surface area (Å²) in [4.78, 5) is 31.5. The Morgan fingerprint density at radius 2 is 1.97 bits per heavy atom. The fourth-order valence-electron chi connectivity index (χ4n) is 5.82. The first-order valence-electron chi connectivity index (χ1n) is 13.1. The molecule has 38 heavy (non-hydrogen) atoms. The van der Waals surface area contributed by atoms with Crippen LogP contribution in [0.15, 0.2) is 36.4 Å². The average molecular weight is 544 g/mol. The molecule has 0 aromatic heterocycles. The van der Waals surface area contributed by atoms with Gasteiger partial charge in [-0.15, -0.1) is 0 Å². The van der Waals surface area contributed by atoms with Gasteiger partial charge in [0.05, 0.1) is 42.9 Å². The van der Waals surface area contributed by atoms with Crippen molar-refractivity contribution < 1.29 is 19.2 Å². The van der Waals surface area contributed by atoms with Gasteiger partial charge in [0.1, 0.15) is 5.75 Å². The number of non-ortho nitro benzene ring substituents is 1. The number of piperazine rings is 1. The van der Waals surface area contributed by atoms with E-state index >= 15 is 0 Å². The van der Waals surface area contributed by atoms with Gasteiger partial charge in [-0.05, 0) is 49.2 Å². The van der Waals surface area contributed by atoms with E-state index in [1.165, 1.54) is 0 Å². The summed E-state index contributed by atoms with van der Waals surface area (Å²) in [5, 5.41) is 15.2. The summed E-state index contributed by atoms with van der Waals surface area (Å²) in [6.45, 7) is 6.85. The van der Waals surface area contributed by atoms with Crippen LogP contribution in [0.25, 0.3) is 0 Å². The van der Waals surface area contributed by atoms with E-state index < -0.39 is 0 Å². The highest BCUT2D eigenvalue weighted by Crippen LogP contribution is 2.40. The van der Waals surface area contributed by atoms with Gasteiger partial charge in [-0.1, -0.05) is 11.6 Å². The lowest BCUT2D eigenvalue weighted by Gasteiger charge is -2.49. The molecule has 0 aliphatic carbocycles. The minimum atomic E-state index is -0.379. The van der Waals surface area contributed by atoms with E-state index in [1.807, 2.05) is 18.2 Å². The van der Waals surface area contributed by atoms with E-state index in [-0.39, 0.29) is 28.5 Å². The molecule has 0 spiro atoms. The van der Waals surface area contributed by atoms with Gasteiger partial charge in [0, 0.05) is 62.1 Å². The van der Waals surface area contributed by atoms with Gasteiger partial charge in [0.2, 0.25) is 5.91 Å². The third kappa shape index (κ3) is 5.67. The van der Waals surface area contributed by atoms with Crippen LogP contribution >= 0.6 is 11.6 Å². The van der Waals surface area contributed by atoms with Crippen molar-refractivity contribution in [3.8, 4) is 5.75 Å². The number of benzene rings is 2. The molecule has 1 amide bonds. The van der Waals surface area contributed by atoms with Crippen LogP contribution in [0.2, 0.25) is 5.02 Å². The first-order valence-corrected chi connectivity index (χ1v) is 13.5. The molecule has 5 rings (SSSR count). The predicted molar refractivity (Wildman–Crippen MR) is 147 cm³/mol. The third-order valence-electron chi connectivity index (χ3n) is 7.78. The minimum Gasteiger partial charge on any atom is -0.495 e. The number of anilines is 2. The smallest absolute Gasteiger partial charge is 0.269 e. The summed E-state index contributed by atoms with van der Waals surface area (Å²) in [5.41, 5.74) is 2.76. The number of fused-ring (bicyclic) bond motifs is 3. The largest absolute Gasteiger partial charge is 0.495 e. The Hall–Kier alpha value is -3.08. The van der Waals surface area contributed by atoms with E-state index in [9.17, 15) is 14.9 Å². The van der Waals surface area contributed by atoms with E-state index in [0.717, 1.165) is 62.0 Å². The van der Waals surface area contributed by atoms with Crippen LogP contribution in [-0.4, -0.2) is 87.9 Å². The zero-order valence-electron chi connectivity index (χ0n) is 21.6. The Kier molecular flexibility index (Phi) is 8.21. The van der Waals surface area contributed by atoms with Crippen molar-refractivity contribution in [2.45, 2.75) is 18.9 Å². The number of nitrogens with zero attached hydrogens (tertiary/aromatic N) is 4. The van der Waals surface area contributed by atoms with E-state index in [4.69, 9.17) is 21.1 Å². The van der Waals surface area contributed by atoms with Crippen LogP contribution in [-0.2, 0) is 16.0 Å². The Labute approximate surface area is 227 Å². The zero-order chi connectivity index (χ0) is 26.6. The van der Waals surface area contributed by atoms with Crippen LogP contribution in [0.1, 0.15) is 12.0 Å². The maximum absolute atomic E-state index is 13.6. The number of methoxy groups -OCH3 is 1. The molecule has 204 valence electrons. The van der Waals surface area contributed by atoms with Gasteiger partial charge in [-0.25, -0.2) is 0 Å². The zero-order valence-corrected chi connectivity index (χ0v) is 22.4. The number of ether oxygens (including phenoxy) is 2. The second-order valence-electron chi connectivity index (χ2n) is 10.0. The molecule has 2 aromatic carbocycles. The van der Waals surface area contributed by atoms with E-state index in [0.29, 0.717) is 37.6 Å². The van der Waals surface area contributed by atoms with Gasteiger partial charge in [0.15, 0.2) is 0 Å². The minimum absolute atomic E-state index is 0.0148. The van der Waals surface area contributed by atoms with Gasteiger partial charge < -0.3 is 24.6 Å². The number of amides is 1. The highest BCUT2D eigenvalue weighted by Gasteiger charge is 2.42. The van der Waals surface area contributed by atoms with Crippen molar-refractivity contribution in [1.82, 2.24) is 10.2 Å². The lowest BCUT2D eigenvalue weighted by Crippen LogP contribution is -2.61. The Bertz CT molecular complexity index is 1170. The second kappa shape index (κ2) is 11.8. The van der Waals surface area contributed by atoms with Crippen molar-refractivity contribution in [2.75, 3.05) is 75.9 Å².